The van der Waals surface area contributed by atoms with E-state index in [-0.39, 0.29) is 6.10 Å². The minimum absolute atomic E-state index is 0.385. The third kappa shape index (κ3) is 5.54. The predicted octanol–water partition coefficient (Wildman–Crippen LogP) is 1.25. The first-order chi connectivity index (χ1) is 4.66. The Morgan fingerprint density at radius 3 is 2.60 bits per heavy atom. The number of aliphatic hydroxyl groups excluding tert-OH is 1. The van der Waals surface area contributed by atoms with Crippen molar-refractivity contribution in [2.75, 3.05) is 7.05 Å². The molecular formula is C8H15NO. The molecule has 2 nitrogen and oxygen atoms in total. The zero-order valence-electron chi connectivity index (χ0n) is 6.83. The van der Waals surface area contributed by atoms with Crippen molar-refractivity contribution >= 4 is 5.87 Å². The molecule has 0 radical (unpaired) electrons. The van der Waals surface area contributed by atoms with E-state index in [4.69, 9.17) is 0 Å². The fourth-order valence-corrected chi connectivity index (χ4v) is 0.712. The van der Waals surface area contributed by atoms with Crippen LogP contribution in [0.4, 0.5) is 0 Å². The molecule has 0 aromatic heterocycles. The van der Waals surface area contributed by atoms with Crippen molar-refractivity contribution < 1.29 is 5.11 Å². The average molecular weight is 141 g/mol. The lowest BCUT2D eigenvalue weighted by molar-refractivity contribution is 0.196. The molecule has 0 spiro atoms. The van der Waals surface area contributed by atoms with Gasteiger partial charge >= 0.3 is 0 Å². The molecule has 0 rings (SSSR count). The third-order valence-electron chi connectivity index (χ3n) is 1.11. The van der Waals surface area contributed by atoms with Crippen LogP contribution in [0.5, 0.6) is 0 Å². The summed E-state index contributed by atoms with van der Waals surface area (Å²) in [7, 11) is 1.64. The molecule has 0 aromatic rings. The summed E-state index contributed by atoms with van der Waals surface area (Å²) in [4.78, 5) is 3.62. The predicted molar refractivity (Wildman–Crippen MR) is 43.4 cm³/mol. The third-order valence-corrected chi connectivity index (χ3v) is 1.11. The number of aliphatic hydroxyl groups is 1. The largest absolute Gasteiger partial charge is 0.388 e. The van der Waals surface area contributed by atoms with Gasteiger partial charge in [-0.3, -0.25) is 0 Å². The molecule has 1 N–H and O–H groups in total. The molecule has 0 aromatic carbocycles. The Kier molecular flexibility index (Phi) is 4.91. The first-order valence-electron chi connectivity index (χ1n) is 3.52. The van der Waals surface area contributed by atoms with Gasteiger partial charge in [-0.15, -0.1) is 0 Å². The molecule has 0 aliphatic carbocycles. The van der Waals surface area contributed by atoms with Crippen molar-refractivity contribution in [3.63, 3.8) is 0 Å². The van der Waals surface area contributed by atoms with E-state index in [1.165, 1.54) is 0 Å². The van der Waals surface area contributed by atoms with Crippen molar-refractivity contribution in [3.8, 4) is 0 Å². The summed E-state index contributed by atoms with van der Waals surface area (Å²) < 4.78 is 0. The van der Waals surface area contributed by atoms with Gasteiger partial charge < -0.3 is 5.11 Å². The van der Waals surface area contributed by atoms with E-state index in [0.29, 0.717) is 5.92 Å². The fourth-order valence-electron chi connectivity index (χ4n) is 0.712. The molecule has 0 saturated heterocycles. The quantitative estimate of drug-likeness (QED) is 0.589. The van der Waals surface area contributed by atoms with Gasteiger partial charge in [0.25, 0.3) is 0 Å². The van der Waals surface area contributed by atoms with Crippen LogP contribution in [0.1, 0.15) is 20.3 Å². The normalized spacial score (nSPS) is 12.5. The minimum atomic E-state index is -0.385. The Labute approximate surface area is 62.3 Å². The summed E-state index contributed by atoms with van der Waals surface area (Å²) in [6, 6.07) is 0. The maximum absolute atomic E-state index is 9.17. The molecule has 0 aliphatic rings. The topological polar surface area (TPSA) is 32.6 Å². The lowest BCUT2D eigenvalue weighted by Crippen LogP contribution is -2.06. The van der Waals surface area contributed by atoms with Crippen LogP contribution >= 0.6 is 0 Å². The summed E-state index contributed by atoms with van der Waals surface area (Å²) in [5.74, 6) is 3.12. The smallest absolute Gasteiger partial charge is 0.0811 e. The van der Waals surface area contributed by atoms with Crippen LogP contribution in [0.15, 0.2) is 11.1 Å². The van der Waals surface area contributed by atoms with E-state index >= 15 is 0 Å². The van der Waals surface area contributed by atoms with Crippen LogP contribution < -0.4 is 0 Å². The zero-order chi connectivity index (χ0) is 7.98. The number of aliphatic imine (C=N–C) groups is 1. The van der Waals surface area contributed by atoms with Crippen LogP contribution in [-0.4, -0.2) is 24.1 Å². The zero-order valence-corrected chi connectivity index (χ0v) is 6.83. The lowest BCUT2D eigenvalue weighted by Gasteiger charge is -2.05. The highest BCUT2D eigenvalue weighted by molar-refractivity contribution is 5.52. The molecule has 2 heteroatoms. The van der Waals surface area contributed by atoms with Crippen molar-refractivity contribution in [2.24, 2.45) is 10.9 Å². The number of hydrogen-bond donors (Lipinski definition) is 1. The van der Waals surface area contributed by atoms with Gasteiger partial charge in [0.05, 0.1) is 6.10 Å². The number of nitrogens with zero attached hydrogens (tertiary/aromatic N) is 1. The summed E-state index contributed by atoms with van der Waals surface area (Å²) in [6.45, 7) is 4.14. The van der Waals surface area contributed by atoms with Gasteiger partial charge in [-0.1, -0.05) is 13.8 Å². The lowest BCUT2D eigenvalue weighted by atomic mass is 10.1. The molecule has 0 fully saturated rings. The Hall–Kier alpha value is -0.590. The molecule has 58 valence electrons. The molecule has 0 heterocycles. The second kappa shape index (κ2) is 5.21. The highest BCUT2D eigenvalue weighted by atomic mass is 16.3. The van der Waals surface area contributed by atoms with Crippen LogP contribution in [-0.2, 0) is 0 Å². The Bertz CT molecular complexity index is 134. The van der Waals surface area contributed by atoms with E-state index in [2.05, 4.69) is 24.7 Å². The maximum Gasteiger partial charge on any atom is 0.0811 e. The van der Waals surface area contributed by atoms with Gasteiger partial charge in [-0.25, -0.2) is 4.99 Å². The standard InChI is InChI=1S/C8H15NO/c1-7(2)6-8(10)4-5-9-3/h4,7-8,10H,6H2,1-3H3. The first-order valence-corrected chi connectivity index (χ1v) is 3.52. The Morgan fingerprint density at radius 1 is 1.60 bits per heavy atom. The molecule has 0 bridgehead atoms. The van der Waals surface area contributed by atoms with Gasteiger partial charge in [-0.2, -0.15) is 0 Å². The molecule has 0 aliphatic heterocycles. The van der Waals surface area contributed by atoms with E-state index in [1.54, 1.807) is 13.1 Å². The molecule has 1 atom stereocenters. The maximum atomic E-state index is 9.17. The van der Waals surface area contributed by atoms with Gasteiger partial charge in [0, 0.05) is 13.1 Å². The van der Waals surface area contributed by atoms with Gasteiger partial charge in [0.15, 0.2) is 0 Å². The van der Waals surface area contributed by atoms with Crippen LogP contribution in [0, 0.1) is 5.92 Å². The monoisotopic (exact) mass is 141 g/mol. The van der Waals surface area contributed by atoms with Crippen LogP contribution in [0.3, 0.4) is 0 Å². The number of rotatable bonds is 3. The summed E-state index contributed by atoms with van der Waals surface area (Å²) in [5.41, 5.74) is 0. The van der Waals surface area contributed by atoms with E-state index in [1.807, 2.05) is 0 Å². The molecule has 0 amide bonds. The summed E-state index contributed by atoms with van der Waals surface area (Å²) in [6.07, 6.45) is 1.98. The minimum Gasteiger partial charge on any atom is -0.388 e. The Morgan fingerprint density at radius 2 is 2.20 bits per heavy atom. The summed E-state index contributed by atoms with van der Waals surface area (Å²) >= 11 is 0. The van der Waals surface area contributed by atoms with Crippen LogP contribution in [0.25, 0.3) is 0 Å². The second-order valence-corrected chi connectivity index (χ2v) is 2.72. The van der Waals surface area contributed by atoms with Gasteiger partial charge in [0.1, 0.15) is 0 Å². The molecule has 1 unspecified atom stereocenters. The van der Waals surface area contributed by atoms with Crippen molar-refractivity contribution in [1.29, 1.82) is 0 Å². The van der Waals surface area contributed by atoms with Gasteiger partial charge in [-0.05, 0) is 18.2 Å². The SMILES string of the molecule is CN=C=CC(O)CC(C)C. The van der Waals surface area contributed by atoms with E-state index in [9.17, 15) is 5.11 Å². The van der Waals surface area contributed by atoms with Crippen molar-refractivity contribution in [1.82, 2.24) is 0 Å². The fraction of sp³-hybridized carbons (Fsp3) is 0.750. The van der Waals surface area contributed by atoms with E-state index < -0.39 is 0 Å². The van der Waals surface area contributed by atoms with Crippen molar-refractivity contribution in [2.45, 2.75) is 26.4 Å². The molecule has 0 saturated carbocycles. The highest BCUT2D eigenvalue weighted by Crippen LogP contribution is 2.03. The van der Waals surface area contributed by atoms with Gasteiger partial charge in [0.2, 0.25) is 0 Å². The first kappa shape index (κ1) is 9.41. The second-order valence-electron chi connectivity index (χ2n) is 2.72. The highest BCUT2D eigenvalue weighted by Gasteiger charge is 2.01. The summed E-state index contributed by atoms with van der Waals surface area (Å²) in [5, 5.41) is 9.17. The molecular weight excluding hydrogens is 126 g/mol. The average Bonchev–Trinajstić information content (AvgIpc) is 1.82. The Balaban J connectivity index is 3.63. The van der Waals surface area contributed by atoms with Crippen molar-refractivity contribution in [3.05, 3.63) is 6.08 Å². The van der Waals surface area contributed by atoms with E-state index in [0.717, 1.165) is 6.42 Å². The molecule has 10 heavy (non-hydrogen) atoms. The number of hydrogen-bond acceptors (Lipinski definition) is 2. The van der Waals surface area contributed by atoms with Crippen LogP contribution in [0.2, 0.25) is 0 Å².